The summed E-state index contributed by atoms with van der Waals surface area (Å²) in [6.45, 7) is 7.42. The highest BCUT2D eigenvalue weighted by atomic mass is 16.3. The fourth-order valence-corrected chi connectivity index (χ4v) is 1.19. The number of benzene rings is 1. The van der Waals surface area contributed by atoms with Crippen molar-refractivity contribution in [1.82, 2.24) is 0 Å². The first-order valence-corrected chi connectivity index (χ1v) is 4.20. The van der Waals surface area contributed by atoms with Crippen LogP contribution < -0.4 is 5.73 Å². The molecule has 0 amide bonds. The predicted octanol–water partition coefficient (Wildman–Crippen LogP) is 2.06. The zero-order valence-corrected chi connectivity index (χ0v) is 8.04. The van der Waals surface area contributed by atoms with Crippen molar-refractivity contribution in [2.45, 2.75) is 19.4 Å². The lowest BCUT2D eigenvalue weighted by atomic mass is 9.91. The van der Waals surface area contributed by atoms with E-state index >= 15 is 0 Å². The van der Waals surface area contributed by atoms with Gasteiger partial charge in [0.1, 0.15) is 5.75 Å². The molecule has 1 atom stereocenters. The third-order valence-corrected chi connectivity index (χ3v) is 2.16. The van der Waals surface area contributed by atoms with E-state index in [2.05, 4.69) is 6.58 Å². The van der Waals surface area contributed by atoms with Gasteiger partial charge in [0.25, 0.3) is 0 Å². The Morgan fingerprint density at radius 1 is 1.54 bits per heavy atom. The van der Waals surface area contributed by atoms with Crippen LogP contribution in [0.2, 0.25) is 0 Å². The number of nitrogens with two attached hydrogens (primary N) is 1. The smallest absolute Gasteiger partial charge is 0.120 e. The molecular formula is C11H15NO. The van der Waals surface area contributed by atoms with Crippen LogP contribution in [-0.2, 0) is 5.54 Å². The van der Waals surface area contributed by atoms with Gasteiger partial charge < -0.3 is 10.8 Å². The zero-order chi connectivity index (χ0) is 10.1. The summed E-state index contributed by atoms with van der Waals surface area (Å²) in [5.41, 5.74) is 7.04. The van der Waals surface area contributed by atoms with Gasteiger partial charge in [0.05, 0.1) is 5.54 Å². The topological polar surface area (TPSA) is 46.2 Å². The van der Waals surface area contributed by atoms with Crippen LogP contribution in [0.15, 0.2) is 30.9 Å². The fraction of sp³-hybridized carbons (Fsp3) is 0.273. The Bertz CT molecular complexity index is 329. The van der Waals surface area contributed by atoms with E-state index in [4.69, 9.17) is 5.73 Å². The number of rotatable bonds is 2. The predicted molar refractivity (Wildman–Crippen MR) is 54.6 cm³/mol. The maximum atomic E-state index is 9.57. The summed E-state index contributed by atoms with van der Waals surface area (Å²) in [7, 11) is 0. The summed E-state index contributed by atoms with van der Waals surface area (Å²) in [4.78, 5) is 0. The van der Waals surface area contributed by atoms with Crippen LogP contribution in [0.1, 0.15) is 18.1 Å². The molecule has 1 rings (SSSR count). The lowest BCUT2D eigenvalue weighted by Crippen LogP contribution is -2.30. The van der Waals surface area contributed by atoms with Crippen LogP contribution in [-0.4, -0.2) is 5.11 Å². The maximum Gasteiger partial charge on any atom is 0.120 e. The first kappa shape index (κ1) is 9.81. The van der Waals surface area contributed by atoms with Gasteiger partial charge in [-0.3, -0.25) is 0 Å². The molecule has 0 aliphatic heterocycles. The number of hydrogen-bond donors (Lipinski definition) is 2. The van der Waals surface area contributed by atoms with Gasteiger partial charge >= 0.3 is 0 Å². The first-order valence-electron chi connectivity index (χ1n) is 4.20. The van der Waals surface area contributed by atoms with Crippen molar-refractivity contribution >= 4 is 0 Å². The van der Waals surface area contributed by atoms with E-state index < -0.39 is 5.54 Å². The molecule has 1 aromatic carbocycles. The lowest BCUT2D eigenvalue weighted by Gasteiger charge is -2.21. The van der Waals surface area contributed by atoms with Crippen molar-refractivity contribution < 1.29 is 5.11 Å². The normalized spacial score (nSPS) is 15.0. The van der Waals surface area contributed by atoms with Crippen LogP contribution >= 0.6 is 0 Å². The van der Waals surface area contributed by atoms with E-state index in [0.29, 0.717) is 5.56 Å². The Hall–Kier alpha value is -1.28. The van der Waals surface area contributed by atoms with Gasteiger partial charge in [0, 0.05) is 5.56 Å². The molecule has 2 heteroatoms. The second-order valence-corrected chi connectivity index (χ2v) is 3.51. The summed E-state index contributed by atoms with van der Waals surface area (Å²) in [6.07, 6.45) is 1.63. The average Bonchev–Trinajstić information content (AvgIpc) is 2.09. The SMILES string of the molecule is C=C[C@](C)(N)c1cc(C)ccc1O. The van der Waals surface area contributed by atoms with Crippen molar-refractivity contribution in [3.05, 3.63) is 42.0 Å². The Balaban J connectivity index is 3.28. The number of aromatic hydroxyl groups is 1. The van der Waals surface area contributed by atoms with Gasteiger partial charge in [-0.05, 0) is 19.9 Å². The molecule has 0 aromatic heterocycles. The van der Waals surface area contributed by atoms with Crippen molar-refractivity contribution in [2.75, 3.05) is 0 Å². The maximum absolute atomic E-state index is 9.57. The largest absolute Gasteiger partial charge is 0.508 e. The second-order valence-electron chi connectivity index (χ2n) is 3.51. The summed E-state index contributed by atoms with van der Waals surface area (Å²) < 4.78 is 0. The fourth-order valence-electron chi connectivity index (χ4n) is 1.19. The summed E-state index contributed by atoms with van der Waals surface area (Å²) in [6, 6.07) is 5.37. The van der Waals surface area contributed by atoms with Crippen molar-refractivity contribution in [2.24, 2.45) is 5.73 Å². The zero-order valence-electron chi connectivity index (χ0n) is 8.04. The van der Waals surface area contributed by atoms with E-state index in [9.17, 15) is 5.11 Å². The Morgan fingerprint density at radius 2 is 2.15 bits per heavy atom. The highest BCUT2D eigenvalue weighted by Gasteiger charge is 2.20. The minimum Gasteiger partial charge on any atom is -0.508 e. The minimum absolute atomic E-state index is 0.218. The molecule has 0 aliphatic rings. The molecule has 2 nitrogen and oxygen atoms in total. The quantitative estimate of drug-likeness (QED) is 0.679. The second kappa shape index (κ2) is 3.23. The summed E-state index contributed by atoms with van der Waals surface area (Å²) in [5.74, 6) is 0.218. The van der Waals surface area contributed by atoms with E-state index in [0.717, 1.165) is 5.56 Å². The van der Waals surface area contributed by atoms with E-state index in [1.165, 1.54) is 0 Å². The summed E-state index contributed by atoms with van der Waals surface area (Å²) in [5, 5.41) is 9.57. The molecule has 3 N–H and O–H groups in total. The molecule has 13 heavy (non-hydrogen) atoms. The molecule has 70 valence electrons. The minimum atomic E-state index is -0.671. The first-order chi connectivity index (χ1) is 5.97. The Kier molecular flexibility index (Phi) is 2.43. The average molecular weight is 177 g/mol. The highest BCUT2D eigenvalue weighted by Crippen LogP contribution is 2.28. The molecule has 0 bridgehead atoms. The Morgan fingerprint density at radius 3 is 2.69 bits per heavy atom. The molecular weight excluding hydrogens is 162 g/mol. The van der Waals surface area contributed by atoms with E-state index in [-0.39, 0.29) is 5.75 Å². The van der Waals surface area contributed by atoms with Crippen molar-refractivity contribution in [1.29, 1.82) is 0 Å². The molecule has 0 saturated heterocycles. The molecule has 0 spiro atoms. The standard InChI is InChI=1S/C11H15NO/c1-4-11(3,12)9-7-8(2)5-6-10(9)13/h4-7,13H,1,12H2,2-3H3/t11-/m0/s1. The molecule has 0 saturated carbocycles. The molecule has 0 heterocycles. The van der Waals surface area contributed by atoms with Gasteiger partial charge in [0.15, 0.2) is 0 Å². The molecule has 0 aliphatic carbocycles. The lowest BCUT2D eigenvalue weighted by molar-refractivity contribution is 0.452. The van der Waals surface area contributed by atoms with Crippen molar-refractivity contribution in [3.8, 4) is 5.75 Å². The van der Waals surface area contributed by atoms with Crippen molar-refractivity contribution in [3.63, 3.8) is 0 Å². The monoisotopic (exact) mass is 177 g/mol. The summed E-state index contributed by atoms with van der Waals surface area (Å²) >= 11 is 0. The number of hydrogen-bond acceptors (Lipinski definition) is 2. The van der Waals surface area contributed by atoms with Crippen LogP contribution in [0, 0.1) is 6.92 Å². The van der Waals surface area contributed by atoms with Gasteiger partial charge in [0.2, 0.25) is 0 Å². The third kappa shape index (κ3) is 1.90. The van der Waals surface area contributed by atoms with Crippen LogP contribution in [0.4, 0.5) is 0 Å². The van der Waals surface area contributed by atoms with E-state index in [1.807, 2.05) is 26.0 Å². The van der Waals surface area contributed by atoms with Gasteiger partial charge in [-0.1, -0.05) is 23.8 Å². The number of aryl methyl sites for hydroxylation is 1. The van der Waals surface area contributed by atoms with Crippen LogP contribution in [0.3, 0.4) is 0 Å². The highest BCUT2D eigenvalue weighted by molar-refractivity contribution is 5.42. The molecule has 1 aromatic rings. The molecule has 0 fully saturated rings. The molecule has 0 unspecified atom stereocenters. The van der Waals surface area contributed by atoms with E-state index in [1.54, 1.807) is 12.1 Å². The van der Waals surface area contributed by atoms with Gasteiger partial charge in [-0.2, -0.15) is 0 Å². The van der Waals surface area contributed by atoms with Gasteiger partial charge in [-0.25, -0.2) is 0 Å². The Labute approximate surface area is 78.7 Å². The number of phenols is 1. The molecule has 0 radical (unpaired) electrons. The third-order valence-electron chi connectivity index (χ3n) is 2.16. The van der Waals surface area contributed by atoms with Gasteiger partial charge in [-0.15, -0.1) is 6.58 Å². The van der Waals surface area contributed by atoms with Crippen LogP contribution in [0.25, 0.3) is 0 Å². The number of phenolic OH excluding ortho intramolecular Hbond substituents is 1. The van der Waals surface area contributed by atoms with Crippen LogP contribution in [0.5, 0.6) is 5.75 Å².